The van der Waals surface area contributed by atoms with Crippen molar-refractivity contribution in [3.8, 4) is 0 Å². The van der Waals surface area contributed by atoms with Crippen molar-refractivity contribution in [1.29, 1.82) is 0 Å². The van der Waals surface area contributed by atoms with Gasteiger partial charge in [0.25, 0.3) is 5.91 Å². The van der Waals surface area contributed by atoms with Gasteiger partial charge in [-0.1, -0.05) is 18.2 Å². The van der Waals surface area contributed by atoms with Crippen LogP contribution < -0.4 is 5.32 Å². The highest BCUT2D eigenvalue weighted by molar-refractivity contribution is 7.98. The maximum Gasteiger partial charge on any atom is 0.252 e. The number of thioether (sulfide) groups is 1. The standard InChI is InChI=1S/C21H21N3OS/c25-21(23-16-10-14-9-15(14)11-16)18-5-1-2-6-19(18)26-13-17-12-24-8-4-3-7-20(24)22-17/h1-8,12,14-16H,9-11,13H2,(H,23,25). The van der Waals surface area contributed by atoms with Gasteiger partial charge in [0.2, 0.25) is 0 Å². The van der Waals surface area contributed by atoms with E-state index >= 15 is 0 Å². The number of carbonyl (C=O) groups excluding carboxylic acids is 1. The fourth-order valence-electron chi connectivity index (χ4n) is 4.08. The van der Waals surface area contributed by atoms with Crippen molar-refractivity contribution >= 4 is 23.3 Å². The minimum Gasteiger partial charge on any atom is -0.349 e. The average Bonchev–Trinajstić information content (AvgIpc) is 3.08. The van der Waals surface area contributed by atoms with E-state index in [9.17, 15) is 4.79 Å². The Morgan fingerprint density at radius 3 is 2.77 bits per heavy atom. The zero-order valence-electron chi connectivity index (χ0n) is 14.5. The number of rotatable bonds is 5. The van der Waals surface area contributed by atoms with Crippen LogP contribution in [0.15, 0.2) is 59.8 Å². The maximum atomic E-state index is 12.8. The fourth-order valence-corrected chi connectivity index (χ4v) is 5.02. The van der Waals surface area contributed by atoms with E-state index in [-0.39, 0.29) is 5.91 Å². The molecule has 0 bridgehead atoms. The van der Waals surface area contributed by atoms with Crippen LogP contribution in [-0.4, -0.2) is 21.3 Å². The van der Waals surface area contributed by atoms with Crippen LogP contribution in [0.4, 0.5) is 0 Å². The van der Waals surface area contributed by atoms with E-state index in [1.165, 1.54) is 6.42 Å². The van der Waals surface area contributed by atoms with Crippen molar-refractivity contribution in [2.75, 3.05) is 0 Å². The van der Waals surface area contributed by atoms with Gasteiger partial charge in [-0.05, 0) is 55.4 Å². The van der Waals surface area contributed by atoms with Crippen LogP contribution in [0.2, 0.25) is 0 Å². The summed E-state index contributed by atoms with van der Waals surface area (Å²) in [6, 6.07) is 14.2. The monoisotopic (exact) mass is 363 g/mol. The molecule has 0 aliphatic heterocycles. The highest BCUT2D eigenvalue weighted by Gasteiger charge is 2.46. The number of hydrogen-bond donors (Lipinski definition) is 1. The van der Waals surface area contributed by atoms with E-state index in [1.807, 2.05) is 53.1 Å². The van der Waals surface area contributed by atoms with Crippen molar-refractivity contribution in [1.82, 2.24) is 14.7 Å². The molecule has 1 aromatic carbocycles. The minimum absolute atomic E-state index is 0.0643. The number of nitrogens with zero attached hydrogens (tertiary/aromatic N) is 2. The molecule has 2 aliphatic rings. The minimum atomic E-state index is 0.0643. The van der Waals surface area contributed by atoms with Crippen LogP contribution in [0.5, 0.6) is 0 Å². The van der Waals surface area contributed by atoms with Gasteiger partial charge in [-0.15, -0.1) is 11.8 Å². The Balaban J connectivity index is 1.28. The van der Waals surface area contributed by atoms with Gasteiger partial charge in [-0.2, -0.15) is 0 Å². The molecule has 0 radical (unpaired) electrons. The number of imidazole rings is 1. The largest absolute Gasteiger partial charge is 0.349 e. The van der Waals surface area contributed by atoms with Gasteiger partial charge in [0.05, 0.1) is 11.3 Å². The number of nitrogens with one attached hydrogen (secondary N) is 1. The summed E-state index contributed by atoms with van der Waals surface area (Å²) in [4.78, 5) is 18.4. The van der Waals surface area contributed by atoms with Gasteiger partial charge in [0.1, 0.15) is 5.65 Å². The molecule has 0 saturated heterocycles. The molecule has 26 heavy (non-hydrogen) atoms. The second-order valence-corrected chi connectivity index (χ2v) is 8.40. The van der Waals surface area contributed by atoms with Crippen LogP contribution in [0.1, 0.15) is 35.3 Å². The summed E-state index contributed by atoms with van der Waals surface area (Å²) in [6.45, 7) is 0. The second-order valence-electron chi connectivity index (χ2n) is 7.38. The van der Waals surface area contributed by atoms with Crippen LogP contribution in [0, 0.1) is 11.8 Å². The zero-order valence-corrected chi connectivity index (χ0v) is 15.3. The Bertz CT molecular complexity index is 924. The van der Waals surface area contributed by atoms with Gasteiger partial charge < -0.3 is 9.72 Å². The molecule has 2 heterocycles. The predicted molar refractivity (Wildman–Crippen MR) is 103 cm³/mol. The molecule has 5 heteroatoms. The Hall–Kier alpha value is -2.27. The highest BCUT2D eigenvalue weighted by atomic mass is 32.2. The molecular weight excluding hydrogens is 342 g/mol. The van der Waals surface area contributed by atoms with E-state index in [1.54, 1.807) is 11.8 Å². The van der Waals surface area contributed by atoms with Gasteiger partial charge in [0, 0.05) is 29.1 Å². The summed E-state index contributed by atoms with van der Waals surface area (Å²) in [5, 5.41) is 3.24. The average molecular weight is 363 g/mol. The third-order valence-electron chi connectivity index (χ3n) is 5.50. The molecular formula is C21H21N3OS. The molecule has 1 N–H and O–H groups in total. The molecule has 2 fully saturated rings. The highest BCUT2D eigenvalue weighted by Crippen LogP contribution is 2.51. The number of amides is 1. The van der Waals surface area contributed by atoms with E-state index in [2.05, 4.69) is 16.5 Å². The molecule has 3 aromatic rings. The molecule has 5 rings (SSSR count). The number of carbonyl (C=O) groups is 1. The lowest BCUT2D eigenvalue weighted by Gasteiger charge is -2.15. The first kappa shape index (κ1) is 15.9. The van der Waals surface area contributed by atoms with E-state index in [0.717, 1.165) is 52.2 Å². The van der Waals surface area contributed by atoms with Gasteiger partial charge >= 0.3 is 0 Å². The summed E-state index contributed by atoms with van der Waals surface area (Å²) in [5.41, 5.74) is 2.75. The van der Waals surface area contributed by atoms with Crippen LogP contribution in [-0.2, 0) is 5.75 Å². The number of hydrogen-bond acceptors (Lipinski definition) is 3. The molecule has 132 valence electrons. The quantitative estimate of drug-likeness (QED) is 0.693. The third kappa shape index (κ3) is 3.12. The first-order valence-corrected chi connectivity index (χ1v) is 10.2. The zero-order chi connectivity index (χ0) is 17.5. The first-order valence-electron chi connectivity index (χ1n) is 9.21. The van der Waals surface area contributed by atoms with Crippen molar-refractivity contribution in [3.63, 3.8) is 0 Å². The second kappa shape index (κ2) is 6.47. The van der Waals surface area contributed by atoms with Crippen LogP contribution in [0.3, 0.4) is 0 Å². The lowest BCUT2D eigenvalue weighted by molar-refractivity contribution is 0.0932. The molecule has 2 aromatic heterocycles. The van der Waals surface area contributed by atoms with Gasteiger partial charge in [-0.3, -0.25) is 4.79 Å². The van der Waals surface area contributed by atoms with E-state index in [4.69, 9.17) is 0 Å². The molecule has 0 spiro atoms. The summed E-state index contributed by atoms with van der Waals surface area (Å²) in [7, 11) is 0. The van der Waals surface area contributed by atoms with Crippen molar-refractivity contribution in [2.24, 2.45) is 11.8 Å². The fraction of sp³-hybridized carbons (Fsp3) is 0.333. The first-order chi connectivity index (χ1) is 12.8. The number of aromatic nitrogens is 2. The Kier molecular flexibility index (Phi) is 3.97. The maximum absolute atomic E-state index is 12.8. The lowest BCUT2D eigenvalue weighted by atomic mass is 10.1. The topological polar surface area (TPSA) is 46.4 Å². The summed E-state index contributed by atoms with van der Waals surface area (Å²) in [5.74, 6) is 2.56. The van der Waals surface area contributed by atoms with Crippen molar-refractivity contribution in [3.05, 3.63) is 66.1 Å². The lowest BCUT2D eigenvalue weighted by Crippen LogP contribution is -2.33. The normalized spacial score (nSPS) is 23.8. The summed E-state index contributed by atoms with van der Waals surface area (Å²) < 4.78 is 2.03. The van der Waals surface area contributed by atoms with Gasteiger partial charge in [0.15, 0.2) is 0 Å². The van der Waals surface area contributed by atoms with Crippen LogP contribution in [0.25, 0.3) is 5.65 Å². The molecule has 4 nitrogen and oxygen atoms in total. The van der Waals surface area contributed by atoms with E-state index in [0.29, 0.717) is 6.04 Å². The SMILES string of the molecule is O=C(NC1CC2CC2C1)c1ccccc1SCc1cn2ccccc2n1. The Morgan fingerprint density at radius 1 is 1.12 bits per heavy atom. The van der Waals surface area contributed by atoms with E-state index < -0.39 is 0 Å². The van der Waals surface area contributed by atoms with Gasteiger partial charge in [-0.25, -0.2) is 4.98 Å². The molecule has 1 amide bonds. The summed E-state index contributed by atoms with van der Waals surface area (Å²) in [6.07, 6.45) is 7.75. The number of benzene rings is 1. The Morgan fingerprint density at radius 2 is 1.92 bits per heavy atom. The smallest absolute Gasteiger partial charge is 0.252 e. The number of pyridine rings is 1. The van der Waals surface area contributed by atoms with Crippen molar-refractivity contribution < 1.29 is 4.79 Å². The number of fused-ring (bicyclic) bond motifs is 2. The third-order valence-corrected chi connectivity index (χ3v) is 6.61. The molecule has 2 saturated carbocycles. The molecule has 2 aliphatic carbocycles. The molecule has 2 unspecified atom stereocenters. The van der Waals surface area contributed by atoms with Crippen LogP contribution >= 0.6 is 11.8 Å². The Labute approximate surface area is 157 Å². The molecule has 2 atom stereocenters. The summed E-state index contributed by atoms with van der Waals surface area (Å²) >= 11 is 1.67. The predicted octanol–water partition coefficient (Wildman–Crippen LogP) is 4.15. The van der Waals surface area contributed by atoms with Crippen molar-refractivity contribution in [2.45, 2.75) is 36.0 Å².